The molecule has 0 unspecified atom stereocenters. The summed E-state index contributed by atoms with van der Waals surface area (Å²) in [6, 6.07) is 3.81. The van der Waals surface area contributed by atoms with Crippen LogP contribution in [-0.4, -0.2) is 53.0 Å². The van der Waals surface area contributed by atoms with E-state index in [9.17, 15) is 8.42 Å². The van der Waals surface area contributed by atoms with E-state index in [-0.39, 0.29) is 16.2 Å². The molecule has 0 atom stereocenters. The number of hydrogen-bond acceptors (Lipinski definition) is 8. The SMILES string of the molecule is CC(C)(C)c1nnc2ccc(N3CC(CNS(=O)(=O)c4cnoc4)C3)nn12. The zero-order valence-electron chi connectivity index (χ0n) is 15.3. The highest BCUT2D eigenvalue weighted by molar-refractivity contribution is 7.89. The lowest BCUT2D eigenvalue weighted by molar-refractivity contribution is 0.400. The van der Waals surface area contributed by atoms with Gasteiger partial charge in [0.2, 0.25) is 10.0 Å². The molecule has 0 spiro atoms. The van der Waals surface area contributed by atoms with Crippen molar-refractivity contribution in [3.05, 3.63) is 30.4 Å². The normalized spacial score (nSPS) is 16.0. The summed E-state index contributed by atoms with van der Waals surface area (Å²) in [7, 11) is -3.57. The van der Waals surface area contributed by atoms with Crippen LogP contribution in [0.2, 0.25) is 0 Å². The molecule has 1 fully saturated rings. The zero-order chi connectivity index (χ0) is 19.2. The van der Waals surface area contributed by atoms with E-state index in [1.165, 1.54) is 6.20 Å². The van der Waals surface area contributed by atoms with Gasteiger partial charge >= 0.3 is 0 Å². The molecule has 27 heavy (non-hydrogen) atoms. The molecular weight excluding hydrogens is 370 g/mol. The molecular formula is C16H21N7O3S. The van der Waals surface area contributed by atoms with Crippen molar-refractivity contribution in [2.75, 3.05) is 24.5 Å². The van der Waals surface area contributed by atoms with E-state index in [0.29, 0.717) is 12.2 Å². The van der Waals surface area contributed by atoms with E-state index in [4.69, 9.17) is 0 Å². The monoisotopic (exact) mass is 391 g/mol. The van der Waals surface area contributed by atoms with Crippen LogP contribution in [0.5, 0.6) is 0 Å². The summed E-state index contributed by atoms with van der Waals surface area (Å²) in [5, 5.41) is 16.5. The molecule has 11 heteroatoms. The molecule has 0 bridgehead atoms. The lowest BCUT2D eigenvalue weighted by atomic mass is 9.96. The smallest absolute Gasteiger partial charge is 0.245 e. The molecule has 3 aromatic rings. The van der Waals surface area contributed by atoms with Crippen molar-refractivity contribution in [2.24, 2.45) is 5.92 Å². The molecule has 144 valence electrons. The standard InChI is InChI=1S/C16H21N7O3S/c1-16(2,3)15-20-19-13-4-5-14(21-23(13)15)22-8-11(9-22)6-18-27(24,25)12-7-17-26-10-12/h4-5,7,10-11,18H,6,8-9H2,1-3H3. The second-order valence-electron chi connectivity index (χ2n) is 7.72. The fourth-order valence-electron chi connectivity index (χ4n) is 2.94. The number of rotatable bonds is 5. The van der Waals surface area contributed by atoms with Gasteiger partial charge in [0, 0.05) is 31.0 Å². The van der Waals surface area contributed by atoms with Gasteiger partial charge in [0.15, 0.2) is 11.5 Å². The van der Waals surface area contributed by atoms with Gasteiger partial charge in [-0.1, -0.05) is 25.9 Å². The molecule has 1 aliphatic heterocycles. The van der Waals surface area contributed by atoms with Gasteiger partial charge in [-0.05, 0) is 12.1 Å². The van der Waals surface area contributed by atoms with Gasteiger partial charge in [0.05, 0.1) is 6.20 Å². The predicted octanol–water partition coefficient (Wildman–Crippen LogP) is 0.825. The van der Waals surface area contributed by atoms with E-state index in [1.54, 1.807) is 4.52 Å². The van der Waals surface area contributed by atoms with Crippen molar-refractivity contribution in [2.45, 2.75) is 31.1 Å². The Morgan fingerprint density at radius 2 is 2.04 bits per heavy atom. The summed E-state index contributed by atoms with van der Waals surface area (Å²) in [5.74, 6) is 1.84. The summed E-state index contributed by atoms with van der Waals surface area (Å²) >= 11 is 0. The Balaban J connectivity index is 1.41. The molecule has 4 heterocycles. The fraction of sp³-hybridized carbons (Fsp3) is 0.500. The quantitative estimate of drug-likeness (QED) is 0.679. The van der Waals surface area contributed by atoms with Crippen LogP contribution in [0.15, 0.2) is 34.0 Å². The van der Waals surface area contributed by atoms with Crippen molar-refractivity contribution in [3.63, 3.8) is 0 Å². The number of nitrogens with zero attached hydrogens (tertiary/aromatic N) is 6. The molecule has 1 saturated heterocycles. The third-order valence-electron chi connectivity index (χ3n) is 4.48. The molecule has 0 amide bonds. The highest BCUT2D eigenvalue weighted by Gasteiger charge is 2.30. The molecule has 0 radical (unpaired) electrons. The molecule has 0 saturated carbocycles. The van der Waals surface area contributed by atoms with Crippen molar-refractivity contribution in [1.82, 2.24) is 29.7 Å². The van der Waals surface area contributed by atoms with Crippen LogP contribution in [0, 0.1) is 5.92 Å². The van der Waals surface area contributed by atoms with Crippen LogP contribution in [-0.2, 0) is 15.4 Å². The molecule has 0 aliphatic carbocycles. The lowest BCUT2D eigenvalue weighted by Crippen LogP contribution is -2.52. The Kier molecular flexibility index (Phi) is 4.15. The molecule has 0 aromatic carbocycles. The van der Waals surface area contributed by atoms with Gasteiger partial charge in [-0.15, -0.1) is 15.3 Å². The minimum Gasteiger partial charge on any atom is -0.363 e. The van der Waals surface area contributed by atoms with E-state index >= 15 is 0 Å². The molecule has 1 aliphatic rings. The van der Waals surface area contributed by atoms with Crippen LogP contribution in [0.3, 0.4) is 0 Å². The zero-order valence-corrected chi connectivity index (χ0v) is 16.1. The van der Waals surface area contributed by atoms with Crippen LogP contribution in [0.4, 0.5) is 5.82 Å². The Morgan fingerprint density at radius 3 is 2.70 bits per heavy atom. The second-order valence-corrected chi connectivity index (χ2v) is 9.49. The van der Waals surface area contributed by atoms with E-state index in [1.807, 2.05) is 12.1 Å². The van der Waals surface area contributed by atoms with Crippen LogP contribution in [0.1, 0.15) is 26.6 Å². The highest BCUT2D eigenvalue weighted by Crippen LogP contribution is 2.25. The maximum atomic E-state index is 12.1. The first-order valence-corrected chi connectivity index (χ1v) is 10.1. The number of sulfonamides is 1. The first kappa shape index (κ1) is 17.9. The highest BCUT2D eigenvalue weighted by atomic mass is 32.2. The maximum absolute atomic E-state index is 12.1. The Bertz CT molecular complexity index is 1050. The Labute approximate surface area is 156 Å². The van der Waals surface area contributed by atoms with Gasteiger partial charge in [-0.3, -0.25) is 0 Å². The largest absolute Gasteiger partial charge is 0.363 e. The van der Waals surface area contributed by atoms with Gasteiger partial charge in [-0.2, -0.15) is 4.52 Å². The van der Waals surface area contributed by atoms with Crippen LogP contribution in [0.25, 0.3) is 5.65 Å². The Hall–Kier alpha value is -2.53. The summed E-state index contributed by atoms with van der Waals surface area (Å²) in [6.45, 7) is 8.00. The minimum absolute atomic E-state index is 0.0353. The molecule has 1 N–H and O–H groups in total. The molecule has 10 nitrogen and oxygen atoms in total. The third-order valence-corrected chi connectivity index (χ3v) is 5.85. The molecule has 3 aromatic heterocycles. The van der Waals surface area contributed by atoms with Gasteiger partial charge in [0.25, 0.3) is 0 Å². The van der Waals surface area contributed by atoms with Crippen molar-refractivity contribution < 1.29 is 12.9 Å². The Morgan fingerprint density at radius 1 is 1.26 bits per heavy atom. The third kappa shape index (κ3) is 3.39. The number of nitrogens with one attached hydrogen (secondary N) is 1. The number of hydrogen-bond donors (Lipinski definition) is 1. The summed E-state index contributed by atoms with van der Waals surface area (Å²) in [4.78, 5) is 2.14. The van der Waals surface area contributed by atoms with Crippen molar-refractivity contribution in [3.8, 4) is 0 Å². The van der Waals surface area contributed by atoms with Gasteiger partial charge in [-0.25, -0.2) is 13.1 Å². The average Bonchev–Trinajstić information content (AvgIpc) is 3.22. The number of aromatic nitrogens is 5. The van der Waals surface area contributed by atoms with E-state index in [2.05, 4.69) is 55.4 Å². The lowest BCUT2D eigenvalue weighted by Gasteiger charge is -2.40. The minimum atomic E-state index is -3.57. The summed E-state index contributed by atoms with van der Waals surface area (Å²) in [6.07, 6.45) is 2.29. The van der Waals surface area contributed by atoms with Gasteiger partial charge < -0.3 is 9.42 Å². The summed E-state index contributed by atoms with van der Waals surface area (Å²) < 4.78 is 33.1. The molecule has 4 rings (SSSR count). The van der Waals surface area contributed by atoms with Crippen molar-refractivity contribution >= 4 is 21.5 Å². The predicted molar refractivity (Wildman–Crippen MR) is 96.9 cm³/mol. The first-order chi connectivity index (χ1) is 12.7. The number of fused-ring (bicyclic) bond motifs is 1. The maximum Gasteiger partial charge on any atom is 0.245 e. The van der Waals surface area contributed by atoms with Crippen molar-refractivity contribution in [1.29, 1.82) is 0 Å². The second kappa shape index (κ2) is 6.27. The summed E-state index contributed by atoms with van der Waals surface area (Å²) in [5.41, 5.74) is 0.546. The average molecular weight is 391 g/mol. The fourth-order valence-corrected chi connectivity index (χ4v) is 3.91. The van der Waals surface area contributed by atoms with E-state index in [0.717, 1.165) is 31.0 Å². The van der Waals surface area contributed by atoms with Crippen LogP contribution >= 0.6 is 0 Å². The first-order valence-electron chi connectivity index (χ1n) is 8.61. The van der Waals surface area contributed by atoms with E-state index < -0.39 is 10.0 Å². The number of anilines is 1. The van der Waals surface area contributed by atoms with Gasteiger partial charge in [0.1, 0.15) is 17.0 Å². The van der Waals surface area contributed by atoms with Crippen LogP contribution < -0.4 is 9.62 Å². The topological polar surface area (TPSA) is 119 Å².